The molecule has 7 heteroatoms. The third kappa shape index (κ3) is 5.18. The molecule has 24 heavy (non-hydrogen) atoms. The van der Waals surface area contributed by atoms with Crippen LogP contribution in [0.25, 0.3) is 0 Å². The number of non-ortho nitro benzene ring substituents is 1. The number of nitrogens with one attached hydrogen (secondary N) is 1. The molecule has 2 atom stereocenters. The number of nitro groups is 1. The molecule has 0 bridgehead atoms. The lowest BCUT2D eigenvalue weighted by Crippen LogP contribution is -2.40. The molecule has 1 aliphatic heterocycles. The van der Waals surface area contributed by atoms with E-state index >= 15 is 0 Å². The highest BCUT2D eigenvalue weighted by Gasteiger charge is 2.21. The van der Waals surface area contributed by atoms with Crippen LogP contribution in [-0.2, 0) is 0 Å². The van der Waals surface area contributed by atoms with Crippen molar-refractivity contribution in [3.63, 3.8) is 0 Å². The summed E-state index contributed by atoms with van der Waals surface area (Å²) in [6.07, 6.45) is 2.15. The summed E-state index contributed by atoms with van der Waals surface area (Å²) in [6, 6.07) is 3.88. The summed E-state index contributed by atoms with van der Waals surface area (Å²) in [5.41, 5.74) is 0.146. The molecule has 6 nitrogen and oxygen atoms in total. The number of likely N-dealkylation sites (tertiary alicyclic amines) is 1. The van der Waals surface area contributed by atoms with Gasteiger partial charge < -0.3 is 10.2 Å². The Balaban J connectivity index is 1.78. The fourth-order valence-electron chi connectivity index (χ4n) is 3.38. The predicted molar refractivity (Wildman–Crippen MR) is 94.4 cm³/mol. The normalized spacial score (nSPS) is 21.5. The van der Waals surface area contributed by atoms with Crippen LogP contribution in [0.5, 0.6) is 0 Å². The van der Waals surface area contributed by atoms with Crippen LogP contribution in [-0.4, -0.2) is 41.9 Å². The van der Waals surface area contributed by atoms with Gasteiger partial charge in [-0.2, -0.15) is 0 Å². The monoisotopic (exact) mass is 353 g/mol. The molecule has 0 spiro atoms. The lowest BCUT2D eigenvalue weighted by molar-refractivity contribution is -0.384. The number of nitro benzene ring substituents is 1. The lowest BCUT2D eigenvalue weighted by atomic mass is 9.92. The smallest absolute Gasteiger partial charge is 0.270 e. The van der Waals surface area contributed by atoms with Crippen molar-refractivity contribution in [2.24, 2.45) is 11.8 Å². The van der Waals surface area contributed by atoms with Gasteiger partial charge in [-0.15, -0.1) is 0 Å². The number of carbonyl (C=O) groups is 1. The van der Waals surface area contributed by atoms with Crippen LogP contribution < -0.4 is 5.32 Å². The second kappa shape index (κ2) is 8.44. The standard InChI is InChI=1S/C17H24ClN3O3/c1-12-8-13(2)11-20(10-12)7-3-6-19-17(22)15-5-4-14(21(23)24)9-16(15)18/h4-5,9,12-13H,3,6-8,10-11H2,1-2H3,(H,19,22)/t12-,13-/m0/s1. The molecule has 1 aromatic carbocycles. The van der Waals surface area contributed by atoms with Crippen molar-refractivity contribution in [1.29, 1.82) is 0 Å². The molecular formula is C17H24ClN3O3. The summed E-state index contributed by atoms with van der Waals surface area (Å²) in [6.45, 7) is 8.31. The Kier molecular flexibility index (Phi) is 6.57. The molecule has 1 saturated heterocycles. The second-order valence-electron chi connectivity index (χ2n) is 6.74. The first kappa shape index (κ1) is 18.7. The molecule has 0 radical (unpaired) electrons. The summed E-state index contributed by atoms with van der Waals surface area (Å²) in [4.78, 5) is 24.7. The molecule has 1 aromatic rings. The fraction of sp³-hybridized carbons (Fsp3) is 0.588. The Morgan fingerprint density at radius 2 is 2.04 bits per heavy atom. The molecule has 1 fully saturated rings. The zero-order chi connectivity index (χ0) is 17.7. The second-order valence-corrected chi connectivity index (χ2v) is 7.14. The average Bonchev–Trinajstić information content (AvgIpc) is 2.50. The van der Waals surface area contributed by atoms with Crippen LogP contribution in [0, 0.1) is 22.0 Å². The highest BCUT2D eigenvalue weighted by molar-refractivity contribution is 6.34. The SMILES string of the molecule is C[C@H]1C[C@H](C)CN(CCCNC(=O)c2ccc([N+](=O)[O-])cc2Cl)C1. The van der Waals surface area contributed by atoms with Crippen molar-refractivity contribution in [2.45, 2.75) is 26.7 Å². The molecule has 2 rings (SSSR count). The highest BCUT2D eigenvalue weighted by Crippen LogP contribution is 2.22. The summed E-state index contributed by atoms with van der Waals surface area (Å²) >= 11 is 5.96. The van der Waals surface area contributed by atoms with Gasteiger partial charge in [0.25, 0.3) is 11.6 Å². The van der Waals surface area contributed by atoms with E-state index in [1.807, 2.05) is 0 Å². The molecular weight excluding hydrogens is 330 g/mol. The van der Waals surface area contributed by atoms with Crippen molar-refractivity contribution in [2.75, 3.05) is 26.2 Å². The minimum absolute atomic E-state index is 0.0976. The number of benzene rings is 1. The van der Waals surface area contributed by atoms with Crippen molar-refractivity contribution in [3.8, 4) is 0 Å². The third-order valence-corrected chi connectivity index (χ3v) is 4.60. The van der Waals surface area contributed by atoms with Crippen molar-refractivity contribution >= 4 is 23.2 Å². The molecule has 132 valence electrons. The van der Waals surface area contributed by atoms with Crippen LogP contribution in [0.1, 0.15) is 37.0 Å². The van der Waals surface area contributed by atoms with Gasteiger partial charge in [-0.25, -0.2) is 0 Å². The van der Waals surface area contributed by atoms with Crippen molar-refractivity contribution in [3.05, 3.63) is 38.9 Å². The number of hydrogen-bond donors (Lipinski definition) is 1. The van der Waals surface area contributed by atoms with Crippen LogP contribution in [0.3, 0.4) is 0 Å². The van der Waals surface area contributed by atoms with E-state index in [0.29, 0.717) is 6.54 Å². The molecule has 0 saturated carbocycles. The Labute approximate surface area is 147 Å². The minimum atomic E-state index is -0.534. The molecule has 0 unspecified atom stereocenters. The van der Waals surface area contributed by atoms with E-state index in [9.17, 15) is 14.9 Å². The number of rotatable bonds is 6. The summed E-state index contributed by atoms with van der Waals surface area (Å²) in [5.74, 6) is 1.15. The molecule has 0 aliphatic carbocycles. The maximum atomic E-state index is 12.1. The Hall–Kier alpha value is -1.66. The van der Waals surface area contributed by atoms with Crippen LogP contribution in [0.2, 0.25) is 5.02 Å². The van der Waals surface area contributed by atoms with E-state index in [2.05, 4.69) is 24.1 Å². The number of amides is 1. The number of piperidine rings is 1. The first-order chi connectivity index (χ1) is 11.4. The fourth-order valence-corrected chi connectivity index (χ4v) is 3.64. The summed E-state index contributed by atoms with van der Waals surface area (Å²) in [7, 11) is 0. The topological polar surface area (TPSA) is 75.5 Å². The van der Waals surface area contributed by atoms with E-state index < -0.39 is 4.92 Å². The van der Waals surface area contributed by atoms with Gasteiger partial charge in [0.2, 0.25) is 0 Å². The average molecular weight is 354 g/mol. The summed E-state index contributed by atoms with van der Waals surface area (Å²) < 4.78 is 0. The first-order valence-electron chi connectivity index (χ1n) is 8.31. The number of halogens is 1. The van der Waals surface area contributed by atoms with E-state index in [1.54, 1.807) is 0 Å². The lowest BCUT2D eigenvalue weighted by Gasteiger charge is -2.34. The van der Waals surface area contributed by atoms with Crippen molar-refractivity contribution in [1.82, 2.24) is 10.2 Å². The first-order valence-corrected chi connectivity index (χ1v) is 8.69. The number of hydrogen-bond acceptors (Lipinski definition) is 4. The predicted octanol–water partition coefficient (Wildman–Crippen LogP) is 3.35. The Bertz CT molecular complexity index is 599. The molecule has 1 aliphatic rings. The van der Waals surface area contributed by atoms with Crippen LogP contribution in [0.4, 0.5) is 5.69 Å². The van der Waals surface area contributed by atoms with E-state index in [1.165, 1.54) is 24.6 Å². The van der Waals surface area contributed by atoms with Gasteiger partial charge in [-0.1, -0.05) is 25.4 Å². The van der Waals surface area contributed by atoms with Gasteiger partial charge in [0.05, 0.1) is 15.5 Å². The van der Waals surface area contributed by atoms with Gasteiger partial charge in [0.15, 0.2) is 0 Å². The number of carbonyl (C=O) groups excluding carboxylic acids is 1. The van der Waals surface area contributed by atoms with E-state index in [4.69, 9.17) is 11.6 Å². The molecule has 1 heterocycles. The minimum Gasteiger partial charge on any atom is -0.352 e. The van der Waals surface area contributed by atoms with Gasteiger partial charge in [-0.05, 0) is 37.3 Å². The molecule has 1 amide bonds. The summed E-state index contributed by atoms with van der Waals surface area (Å²) in [5, 5.41) is 13.6. The van der Waals surface area contributed by atoms with Gasteiger partial charge in [-0.3, -0.25) is 14.9 Å². The zero-order valence-electron chi connectivity index (χ0n) is 14.1. The van der Waals surface area contributed by atoms with Gasteiger partial charge in [0, 0.05) is 31.8 Å². The Morgan fingerprint density at radius 1 is 1.38 bits per heavy atom. The maximum Gasteiger partial charge on any atom is 0.270 e. The van der Waals surface area contributed by atoms with Gasteiger partial charge in [0.1, 0.15) is 0 Å². The zero-order valence-corrected chi connectivity index (χ0v) is 14.9. The van der Waals surface area contributed by atoms with Gasteiger partial charge >= 0.3 is 0 Å². The quantitative estimate of drug-likeness (QED) is 0.483. The third-order valence-electron chi connectivity index (χ3n) is 4.29. The molecule has 1 N–H and O–H groups in total. The van der Waals surface area contributed by atoms with E-state index in [-0.39, 0.29) is 22.2 Å². The largest absolute Gasteiger partial charge is 0.352 e. The molecule has 0 aromatic heterocycles. The van der Waals surface area contributed by atoms with Crippen LogP contribution >= 0.6 is 11.6 Å². The maximum absolute atomic E-state index is 12.1. The highest BCUT2D eigenvalue weighted by atomic mass is 35.5. The Morgan fingerprint density at radius 3 is 2.62 bits per heavy atom. The van der Waals surface area contributed by atoms with E-state index in [0.717, 1.165) is 37.9 Å². The van der Waals surface area contributed by atoms with Crippen LogP contribution in [0.15, 0.2) is 18.2 Å². The number of nitrogens with zero attached hydrogens (tertiary/aromatic N) is 2. The van der Waals surface area contributed by atoms with Crippen molar-refractivity contribution < 1.29 is 9.72 Å².